The van der Waals surface area contributed by atoms with Gasteiger partial charge in [0.2, 0.25) is 0 Å². The van der Waals surface area contributed by atoms with Gasteiger partial charge in [-0.25, -0.2) is 0 Å². The molecule has 0 amide bonds. The maximum atomic E-state index is 5.93. The van der Waals surface area contributed by atoms with Crippen LogP contribution in [0.1, 0.15) is 27.2 Å². The van der Waals surface area contributed by atoms with E-state index in [0.717, 1.165) is 13.0 Å². The molecule has 13 heavy (non-hydrogen) atoms. The molecular formula is C11H22N2. The Balaban J connectivity index is 3.71. The zero-order valence-corrected chi connectivity index (χ0v) is 9.25. The topological polar surface area (TPSA) is 29.3 Å². The lowest BCUT2D eigenvalue weighted by molar-refractivity contribution is 0.279. The molecule has 2 N–H and O–H groups in total. The highest BCUT2D eigenvalue weighted by Gasteiger charge is 2.10. The van der Waals surface area contributed by atoms with Crippen LogP contribution in [0.5, 0.6) is 0 Å². The van der Waals surface area contributed by atoms with Gasteiger partial charge in [-0.05, 0) is 26.3 Å². The number of nitrogens with zero attached hydrogens (tertiary/aromatic N) is 1. The van der Waals surface area contributed by atoms with Crippen molar-refractivity contribution in [3.05, 3.63) is 0 Å². The smallest absolute Gasteiger partial charge is 0.0680 e. The first-order valence-corrected chi connectivity index (χ1v) is 4.91. The van der Waals surface area contributed by atoms with Gasteiger partial charge in [0, 0.05) is 12.6 Å². The van der Waals surface area contributed by atoms with E-state index in [4.69, 9.17) is 12.2 Å². The summed E-state index contributed by atoms with van der Waals surface area (Å²) in [5, 5.41) is 0. The minimum atomic E-state index is 0.208. The fourth-order valence-corrected chi connectivity index (χ4v) is 1.01. The monoisotopic (exact) mass is 182 g/mol. The summed E-state index contributed by atoms with van der Waals surface area (Å²) in [7, 11) is 2.04. The zero-order valence-electron chi connectivity index (χ0n) is 9.25. The second-order valence-electron chi connectivity index (χ2n) is 4.02. The molecule has 2 heteroatoms. The average molecular weight is 182 g/mol. The molecule has 2 unspecified atom stereocenters. The highest BCUT2D eigenvalue weighted by molar-refractivity contribution is 4.96. The van der Waals surface area contributed by atoms with Gasteiger partial charge in [0.25, 0.3) is 0 Å². The molecule has 0 heterocycles. The SMILES string of the molecule is C#CC(C)N(C)CCC(N)C(C)C. The quantitative estimate of drug-likeness (QED) is 0.650. The lowest BCUT2D eigenvalue weighted by Gasteiger charge is -2.23. The molecule has 0 aromatic rings. The van der Waals surface area contributed by atoms with E-state index in [2.05, 4.69) is 24.7 Å². The second kappa shape index (κ2) is 6.01. The van der Waals surface area contributed by atoms with Crippen LogP contribution < -0.4 is 5.73 Å². The maximum absolute atomic E-state index is 5.93. The molecule has 0 saturated heterocycles. The van der Waals surface area contributed by atoms with Crippen LogP contribution in [0, 0.1) is 18.3 Å². The molecule has 2 atom stereocenters. The number of hydrogen-bond donors (Lipinski definition) is 1. The first-order chi connectivity index (χ1) is 5.99. The van der Waals surface area contributed by atoms with Crippen LogP contribution in [-0.4, -0.2) is 30.6 Å². The molecule has 0 aromatic carbocycles. The molecule has 2 nitrogen and oxygen atoms in total. The Kier molecular flexibility index (Phi) is 5.77. The Morgan fingerprint density at radius 2 is 1.92 bits per heavy atom. The molecule has 0 fully saturated rings. The van der Waals surface area contributed by atoms with Crippen molar-refractivity contribution in [3.8, 4) is 12.3 Å². The predicted octanol–water partition coefficient (Wildman–Crippen LogP) is 1.31. The number of hydrogen-bond acceptors (Lipinski definition) is 2. The van der Waals surface area contributed by atoms with Gasteiger partial charge in [0.05, 0.1) is 6.04 Å². The Labute approximate surface area is 82.5 Å². The third-order valence-electron chi connectivity index (χ3n) is 2.57. The van der Waals surface area contributed by atoms with Crippen LogP contribution in [0.4, 0.5) is 0 Å². The highest BCUT2D eigenvalue weighted by Crippen LogP contribution is 2.04. The number of nitrogens with two attached hydrogens (primary N) is 1. The summed E-state index contributed by atoms with van der Waals surface area (Å²) in [6, 6.07) is 0.492. The van der Waals surface area contributed by atoms with E-state index in [1.807, 2.05) is 14.0 Å². The van der Waals surface area contributed by atoms with E-state index in [-0.39, 0.29) is 12.1 Å². The minimum Gasteiger partial charge on any atom is -0.327 e. The van der Waals surface area contributed by atoms with Gasteiger partial charge >= 0.3 is 0 Å². The van der Waals surface area contributed by atoms with E-state index in [1.54, 1.807) is 0 Å². The summed E-state index contributed by atoms with van der Waals surface area (Å²) in [4.78, 5) is 2.16. The van der Waals surface area contributed by atoms with E-state index in [9.17, 15) is 0 Å². The van der Waals surface area contributed by atoms with Crippen LogP contribution in [0.3, 0.4) is 0 Å². The molecule has 0 aromatic heterocycles. The molecule has 0 rings (SSSR count). The summed E-state index contributed by atoms with van der Waals surface area (Å²) in [6.45, 7) is 7.30. The van der Waals surface area contributed by atoms with Gasteiger partial charge in [-0.15, -0.1) is 6.42 Å². The first-order valence-electron chi connectivity index (χ1n) is 4.91. The van der Waals surface area contributed by atoms with Crippen LogP contribution in [0.25, 0.3) is 0 Å². The van der Waals surface area contributed by atoms with Gasteiger partial charge in [-0.2, -0.15) is 0 Å². The van der Waals surface area contributed by atoms with Gasteiger partial charge in [0.1, 0.15) is 0 Å². The number of rotatable bonds is 5. The van der Waals surface area contributed by atoms with Crippen molar-refractivity contribution in [2.45, 2.75) is 39.3 Å². The van der Waals surface area contributed by atoms with Crippen LogP contribution in [0.15, 0.2) is 0 Å². The summed E-state index contributed by atoms with van der Waals surface area (Å²) >= 11 is 0. The molecule has 0 saturated carbocycles. The van der Waals surface area contributed by atoms with Crippen molar-refractivity contribution >= 4 is 0 Å². The van der Waals surface area contributed by atoms with Crippen LogP contribution in [-0.2, 0) is 0 Å². The summed E-state index contributed by atoms with van der Waals surface area (Å²) in [5.74, 6) is 3.25. The van der Waals surface area contributed by atoms with Gasteiger partial charge in [-0.3, -0.25) is 4.90 Å². The average Bonchev–Trinajstić information content (AvgIpc) is 2.11. The molecule has 0 bridgehead atoms. The van der Waals surface area contributed by atoms with Gasteiger partial charge in [0.15, 0.2) is 0 Å². The maximum Gasteiger partial charge on any atom is 0.0680 e. The largest absolute Gasteiger partial charge is 0.327 e. The van der Waals surface area contributed by atoms with Crippen molar-refractivity contribution in [2.24, 2.45) is 11.7 Å². The fourth-order valence-electron chi connectivity index (χ4n) is 1.01. The summed E-state index contributed by atoms with van der Waals surface area (Å²) in [5.41, 5.74) is 5.93. The van der Waals surface area contributed by atoms with E-state index in [1.165, 1.54) is 0 Å². The molecule has 0 aliphatic heterocycles. The van der Waals surface area contributed by atoms with Crippen molar-refractivity contribution < 1.29 is 0 Å². The first kappa shape index (κ1) is 12.5. The zero-order chi connectivity index (χ0) is 10.4. The lowest BCUT2D eigenvalue weighted by Crippen LogP contribution is -2.35. The van der Waals surface area contributed by atoms with E-state index >= 15 is 0 Å². The normalized spacial score (nSPS) is 15.8. The van der Waals surface area contributed by atoms with Crippen molar-refractivity contribution in [3.63, 3.8) is 0 Å². The summed E-state index contributed by atoms with van der Waals surface area (Å²) in [6.07, 6.45) is 6.33. The minimum absolute atomic E-state index is 0.208. The van der Waals surface area contributed by atoms with E-state index < -0.39 is 0 Å². The van der Waals surface area contributed by atoms with Crippen LogP contribution in [0.2, 0.25) is 0 Å². The Morgan fingerprint density at radius 1 is 1.38 bits per heavy atom. The van der Waals surface area contributed by atoms with Crippen LogP contribution >= 0.6 is 0 Å². The highest BCUT2D eigenvalue weighted by atomic mass is 15.1. The predicted molar refractivity (Wildman–Crippen MR) is 58.4 cm³/mol. The molecular weight excluding hydrogens is 160 g/mol. The van der Waals surface area contributed by atoms with Crippen molar-refractivity contribution in [1.82, 2.24) is 4.90 Å². The lowest BCUT2D eigenvalue weighted by atomic mass is 10.0. The Hall–Kier alpha value is -0.520. The Morgan fingerprint density at radius 3 is 2.31 bits per heavy atom. The van der Waals surface area contributed by atoms with Gasteiger partial charge in [-0.1, -0.05) is 19.8 Å². The third kappa shape index (κ3) is 4.92. The third-order valence-corrected chi connectivity index (χ3v) is 2.57. The fraction of sp³-hybridized carbons (Fsp3) is 0.818. The molecule has 76 valence electrons. The van der Waals surface area contributed by atoms with Gasteiger partial charge < -0.3 is 5.73 Å². The van der Waals surface area contributed by atoms with Crippen molar-refractivity contribution in [2.75, 3.05) is 13.6 Å². The molecule has 0 aliphatic carbocycles. The standard InChI is InChI=1S/C11H22N2/c1-6-10(4)13(5)8-7-11(12)9(2)3/h1,9-11H,7-8,12H2,2-5H3. The van der Waals surface area contributed by atoms with E-state index in [0.29, 0.717) is 5.92 Å². The number of terminal acetylenes is 1. The summed E-state index contributed by atoms with van der Waals surface area (Å²) < 4.78 is 0. The second-order valence-corrected chi connectivity index (χ2v) is 4.02. The van der Waals surface area contributed by atoms with Crippen molar-refractivity contribution in [1.29, 1.82) is 0 Å². The Bertz CT molecular complexity index is 169. The molecule has 0 aliphatic rings. The molecule has 0 spiro atoms. The molecule has 0 radical (unpaired) electrons.